The first-order chi connectivity index (χ1) is 9.94. The molecule has 1 aromatic rings. The molecule has 6 heteroatoms. The van der Waals surface area contributed by atoms with Crippen LogP contribution >= 0.6 is 0 Å². The highest BCUT2D eigenvalue weighted by Gasteiger charge is 2.22. The fraction of sp³-hybridized carbons (Fsp3) is 0.600. The van der Waals surface area contributed by atoms with Gasteiger partial charge in [0.2, 0.25) is 10.0 Å². The first kappa shape index (κ1) is 16.4. The normalized spacial score (nSPS) is 15.4. The van der Waals surface area contributed by atoms with Gasteiger partial charge in [-0.3, -0.25) is 0 Å². The fourth-order valence-corrected chi connectivity index (χ4v) is 3.75. The molecule has 1 saturated carbocycles. The Hall–Kier alpha value is -0.980. The van der Waals surface area contributed by atoms with E-state index in [2.05, 4.69) is 10.0 Å². The molecule has 0 atom stereocenters. The first-order valence-corrected chi connectivity index (χ1v) is 8.85. The summed E-state index contributed by atoms with van der Waals surface area (Å²) in [4.78, 5) is 0.0409. The van der Waals surface area contributed by atoms with Gasteiger partial charge in [-0.15, -0.1) is 0 Å². The summed E-state index contributed by atoms with van der Waals surface area (Å²) in [5, 5.41) is 2.90. The third-order valence-electron chi connectivity index (χ3n) is 3.81. The van der Waals surface area contributed by atoms with Crippen molar-refractivity contribution in [3.05, 3.63) is 29.1 Å². The minimum atomic E-state index is -3.65. The molecule has 1 aromatic carbocycles. The molecule has 0 radical (unpaired) electrons. The van der Waals surface area contributed by atoms with Crippen LogP contribution in [-0.4, -0.2) is 22.0 Å². The van der Waals surface area contributed by atoms with Crippen molar-refractivity contribution in [3.63, 3.8) is 0 Å². The molecule has 0 spiro atoms. The first-order valence-electron chi connectivity index (χ1n) is 7.37. The van der Waals surface area contributed by atoms with Crippen molar-refractivity contribution in [1.29, 1.82) is 0 Å². The molecule has 1 aliphatic rings. The van der Waals surface area contributed by atoms with Gasteiger partial charge in [-0.1, -0.05) is 12.8 Å². The number of rotatable bonds is 8. The number of hydrogen-bond acceptors (Lipinski definition) is 3. The molecule has 0 unspecified atom stereocenters. The average molecular weight is 314 g/mol. The van der Waals surface area contributed by atoms with Crippen molar-refractivity contribution in [2.24, 2.45) is 5.92 Å². The van der Waals surface area contributed by atoms with Gasteiger partial charge in [0, 0.05) is 18.7 Å². The van der Waals surface area contributed by atoms with Crippen LogP contribution in [0.5, 0.6) is 0 Å². The van der Waals surface area contributed by atoms with Crippen LogP contribution in [0, 0.1) is 18.7 Å². The monoisotopic (exact) mass is 314 g/mol. The third-order valence-corrected chi connectivity index (χ3v) is 5.39. The second-order valence-corrected chi connectivity index (χ2v) is 7.45. The van der Waals surface area contributed by atoms with Crippen LogP contribution in [-0.2, 0) is 16.6 Å². The van der Waals surface area contributed by atoms with Gasteiger partial charge in [0.05, 0.1) is 4.90 Å². The van der Waals surface area contributed by atoms with Gasteiger partial charge in [0.1, 0.15) is 5.82 Å². The van der Waals surface area contributed by atoms with E-state index in [1.54, 1.807) is 7.05 Å². The van der Waals surface area contributed by atoms with E-state index >= 15 is 0 Å². The molecule has 2 N–H and O–H groups in total. The molecule has 4 nitrogen and oxygen atoms in total. The number of sulfonamides is 1. The Bertz CT molecular complexity index is 598. The van der Waals surface area contributed by atoms with Crippen LogP contribution in [0.2, 0.25) is 0 Å². The largest absolute Gasteiger partial charge is 0.316 e. The predicted octanol–water partition coefficient (Wildman–Crippen LogP) is 2.32. The number of benzene rings is 1. The molecule has 1 fully saturated rings. The van der Waals surface area contributed by atoms with E-state index in [4.69, 9.17) is 0 Å². The third kappa shape index (κ3) is 4.49. The van der Waals surface area contributed by atoms with Gasteiger partial charge in [0.25, 0.3) is 0 Å². The van der Waals surface area contributed by atoms with Crippen LogP contribution < -0.4 is 10.0 Å². The molecule has 118 valence electrons. The summed E-state index contributed by atoms with van der Waals surface area (Å²) in [6, 6.07) is 2.91. The maximum atomic E-state index is 13.9. The lowest BCUT2D eigenvalue weighted by molar-refractivity contribution is 0.566. The zero-order valence-corrected chi connectivity index (χ0v) is 13.4. The molecule has 0 heterocycles. The smallest absolute Gasteiger partial charge is 0.240 e. The molecular weight excluding hydrogens is 291 g/mol. The van der Waals surface area contributed by atoms with E-state index in [1.807, 2.05) is 0 Å². The van der Waals surface area contributed by atoms with E-state index in [0.29, 0.717) is 18.7 Å². The van der Waals surface area contributed by atoms with Gasteiger partial charge in [-0.2, -0.15) is 0 Å². The zero-order chi connectivity index (χ0) is 15.5. The van der Waals surface area contributed by atoms with Crippen molar-refractivity contribution >= 4 is 10.0 Å². The maximum Gasteiger partial charge on any atom is 0.240 e. The van der Waals surface area contributed by atoms with Crippen LogP contribution in [0.4, 0.5) is 4.39 Å². The minimum absolute atomic E-state index is 0.0409. The van der Waals surface area contributed by atoms with Crippen molar-refractivity contribution in [3.8, 4) is 0 Å². The highest BCUT2D eigenvalue weighted by Crippen LogP contribution is 2.33. The summed E-state index contributed by atoms with van der Waals surface area (Å²) in [5.74, 6) is 0.300. The lowest BCUT2D eigenvalue weighted by Gasteiger charge is -2.12. The number of hydrogen-bond donors (Lipinski definition) is 2. The molecular formula is C15H23FN2O2S. The Labute approximate surface area is 126 Å². The Balaban J connectivity index is 2.09. The van der Waals surface area contributed by atoms with Gasteiger partial charge in [-0.05, 0) is 50.4 Å². The van der Waals surface area contributed by atoms with E-state index in [9.17, 15) is 12.8 Å². The van der Waals surface area contributed by atoms with E-state index in [0.717, 1.165) is 18.8 Å². The van der Waals surface area contributed by atoms with Gasteiger partial charge < -0.3 is 5.32 Å². The maximum absolute atomic E-state index is 13.9. The molecule has 0 amide bonds. The second-order valence-electron chi connectivity index (χ2n) is 5.71. The summed E-state index contributed by atoms with van der Waals surface area (Å²) in [5.41, 5.74) is 0.795. The van der Waals surface area contributed by atoms with Crippen molar-refractivity contribution in [1.82, 2.24) is 10.0 Å². The molecule has 2 rings (SSSR count). The summed E-state index contributed by atoms with van der Waals surface area (Å²) >= 11 is 0. The molecule has 0 aromatic heterocycles. The number of halogens is 1. The average Bonchev–Trinajstić information content (AvgIpc) is 3.23. The Morgan fingerprint density at radius 2 is 2.05 bits per heavy atom. The molecule has 21 heavy (non-hydrogen) atoms. The number of nitrogens with one attached hydrogen (secondary N) is 2. The highest BCUT2D eigenvalue weighted by atomic mass is 32.2. The summed E-state index contributed by atoms with van der Waals surface area (Å²) in [6.45, 7) is 2.34. The van der Waals surface area contributed by atoms with E-state index < -0.39 is 15.8 Å². The Kier molecular flexibility index (Phi) is 5.35. The van der Waals surface area contributed by atoms with Crippen molar-refractivity contribution in [2.45, 2.75) is 44.0 Å². The molecule has 0 saturated heterocycles. The van der Waals surface area contributed by atoms with Crippen LogP contribution in [0.25, 0.3) is 0 Å². The quantitative estimate of drug-likeness (QED) is 0.724. The highest BCUT2D eigenvalue weighted by molar-refractivity contribution is 7.89. The molecule has 0 bridgehead atoms. The minimum Gasteiger partial charge on any atom is -0.316 e. The standard InChI is InChI=1S/C15H23FN2O2S/c1-11-14(16)8-13(10-17-2)9-15(11)21(19,20)18-7-3-4-12-5-6-12/h8-9,12,17-18H,3-7,10H2,1-2H3. The topological polar surface area (TPSA) is 58.2 Å². The molecule has 1 aliphatic carbocycles. The second kappa shape index (κ2) is 6.85. The Morgan fingerprint density at radius 1 is 1.33 bits per heavy atom. The lowest BCUT2D eigenvalue weighted by Crippen LogP contribution is -2.26. The molecule has 0 aliphatic heterocycles. The summed E-state index contributed by atoms with van der Waals surface area (Å²) in [7, 11) is -1.91. The van der Waals surface area contributed by atoms with Gasteiger partial charge in [-0.25, -0.2) is 17.5 Å². The predicted molar refractivity (Wildman–Crippen MR) is 81.0 cm³/mol. The Morgan fingerprint density at radius 3 is 2.67 bits per heavy atom. The lowest BCUT2D eigenvalue weighted by atomic mass is 10.1. The van der Waals surface area contributed by atoms with Crippen LogP contribution in [0.1, 0.15) is 36.8 Å². The van der Waals surface area contributed by atoms with Crippen molar-refractivity contribution in [2.75, 3.05) is 13.6 Å². The zero-order valence-electron chi connectivity index (χ0n) is 12.6. The van der Waals surface area contributed by atoms with E-state index in [-0.39, 0.29) is 10.5 Å². The van der Waals surface area contributed by atoms with Crippen LogP contribution in [0.3, 0.4) is 0 Å². The SMILES string of the molecule is CNCc1cc(F)c(C)c(S(=O)(=O)NCCCC2CC2)c1. The van der Waals surface area contributed by atoms with Crippen molar-refractivity contribution < 1.29 is 12.8 Å². The summed E-state index contributed by atoms with van der Waals surface area (Å²) in [6.07, 6.45) is 4.43. The fourth-order valence-electron chi connectivity index (χ4n) is 2.37. The van der Waals surface area contributed by atoms with Gasteiger partial charge >= 0.3 is 0 Å². The van der Waals surface area contributed by atoms with Gasteiger partial charge in [0.15, 0.2) is 0 Å². The summed E-state index contributed by atoms with van der Waals surface area (Å²) < 4.78 is 41.1. The van der Waals surface area contributed by atoms with Crippen LogP contribution in [0.15, 0.2) is 17.0 Å². The van der Waals surface area contributed by atoms with E-state index in [1.165, 1.54) is 31.9 Å².